The van der Waals surface area contributed by atoms with Gasteiger partial charge in [0.2, 0.25) is 0 Å². The lowest BCUT2D eigenvalue weighted by molar-refractivity contribution is 0.485. The van der Waals surface area contributed by atoms with Crippen molar-refractivity contribution in [1.29, 1.82) is 0 Å². The largest absolute Gasteiger partial charge is 0.398 e. The van der Waals surface area contributed by atoms with Crippen molar-refractivity contribution in [3.05, 3.63) is 24.0 Å². The van der Waals surface area contributed by atoms with Crippen LogP contribution in [0.2, 0.25) is 0 Å². The van der Waals surface area contributed by atoms with E-state index in [1.54, 1.807) is 10.7 Å². The molecule has 0 radical (unpaired) electrons. The normalized spacial score (nSPS) is 11.2. The first-order chi connectivity index (χ1) is 9.08. The molecule has 19 heavy (non-hydrogen) atoms. The fourth-order valence-corrected chi connectivity index (χ4v) is 1.93. The minimum absolute atomic E-state index is 0.347. The summed E-state index contributed by atoms with van der Waals surface area (Å²) in [6.07, 6.45) is 2.11. The monoisotopic (exact) mass is 263 g/mol. The van der Waals surface area contributed by atoms with Crippen molar-refractivity contribution in [3.63, 3.8) is 0 Å². The van der Waals surface area contributed by atoms with Crippen molar-refractivity contribution in [3.8, 4) is 11.4 Å². The van der Waals surface area contributed by atoms with E-state index in [1.165, 1.54) is 12.1 Å². The Morgan fingerprint density at radius 3 is 2.84 bits per heavy atom. The molecule has 0 aliphatic carbocycles. The number of aryl methyl sites for hydroxylation is 1. The second kappa shape index (κ2) is 5.77. The molecule has 0 fully saturated rings. The molecule has 2 N–H and O–H groups in total. The number of benzene rings is 1. The van der Waals surface area contributed by atoms with Crippen LogP contribution in [0.5, 0.6) is 0 Å². The summed E-state index contributed by atoms with van der Waals surface area (Å²) in [4.78, 5) is 0. The van der Waals surface area contributed by atoms with E-state index in [-0.39, 0.29) is 5.82 Å². The van der Waals surface area contributed by atoms with Crippen molar-refractivity contribution in [2.24, 2.45) is 5.92 Å². The number of hydrogen-bond acceptors (Lipinski definition) is 4. The third-order valence-corrected chi connectivity index (χ3v) is 2.94. The summed E-state index contributed by atoms with van der Waals surface area (Å²) in [5.74, 6) is 0.872. The molecule has 1 aromatic carbocycles. The number of halogens is 1. The highest BCUT2D eigenvalue weighted by Crippen LogP contribution is 2.24. The summed E-state index contributed by atoms with van der Waals surface area (Å²) in [5, 5.41) is 11.6. The molecular formula is C13H18FN5. The van der Waals surface area contributed by atoms with Gasteiger partial charge in [-0.3, -0.25) is 0 Å². The molecule has 0 unspecified atom stereocenters. The molecule has 102 valence electrons. The highest BCUT2D eigenvalue weighted by atomic mass is 19.1. The Bertz CT molecular complexity index is 550. The third-order valence-electron chi connectivity index (χ3n) is 2.94. The van der Waals surface area contributed by atoms with Crippen LogP contribution in [0, 0.1) is 11.7 Å². The molecule has 0 saturated carbocycles. The van der Waals surface area contributed by atoms with Gasteiger partial charge in [-0.25, -0.2) is 9.07 Å². The van der Waals surface area contributed by atoms with Crippen LogP contribution in [0.1, 0.15) is 26.7 Å². The third kappa shape index (κ3) is 3.27. The van der Waals surface area contributed by atoms with Crippen LogP contribution in [-0.2, 0) is 6.54 Å². The van der Waals surface area contributed by atoms with E-state index in [4.69, 9.17) is 5.73 Å². The summed E-state index contributed by atoms with van der Waals surface area (Å²) in [5.41, 5.74) is 6.82. The van der Waals surface area contributed by atoms with Gasteiger partial charge < -0.3 is 5.73 Å². The van der Waals surface area contributed by atoms with Gasteiger partial charge in [0.1, 0.15) is 5.82 Å². The van der Waals surface area contributed by atoms with Gasteiger partial charge in [0, 0.05) is 17.8 Å². The number of rotatable bonds is 5. The average Bonchev–Trinajstić information content (AvgIpc) is 2.77. The lowest BCUT2D eigenvalue weighted by atomic mass is 10.1. The predicted octanol–water partition coefficient (Wildman–Crippen LogP) is 2.50. The van der Waals surface area contributed by atoms with Crippen molar-refractivity contribution in [2.75, 3.05) is 5.73 Å². The second-order valence-corrected chi connectivity index (χ2v) is 4.99. The van der Waals surface area contributed by atoms with Crippen LogP contribution < -0.4 is 5.73 Å². The Labute approximate surface area is 111 Å². The van der Waals surface area contributed by atoms with E-state index in [2.05, 4.69) is 29.4 Å². The fraction of sp³-hybridized carbons (Fsp3) is 0.462. The summed E-state index contributed by atoms with van der Waals surface area (Å²) in [7, 11) is 0. The predicted molar refractivity (Wildman–Crippen MR) is 71.7 cm³/mol. The molecule has 0 spiro atoms. The summed E-state index contributed by atoms with van der Waals surface area (Å²) in [6.45, 7) is 5.09. The molecule has 0 atom stereocenters. The molecule has 0 aliphatic heterocycles. The van der Waals surface area contributed by atoms with E-state index in [9.17, 15) is 4.39 Å². The maximum Gasteiger partial charge on any atom is 0.184 e. The lowest BCUT2D eigenvalue weighted by Gasteiger charge is -2.08. The van der Waals surface area contributed by atoms with E-state index < -0.39 is 0 Å². The standard InChI is InChI=1S/C13H18FN5/c1-9(2)4-3-7-19-13(16-17-18-19)11-6-5-10(14)8-12(11)15/h5-6,8-9H,3-4,7,15H2,1-2H3. The number of nitrogens with two attached hydrogens (primary N) is 1. The number of nitrogen functional groups attached to an aromatic ring is 1. The van der Waals surface area contributed by atoms with E-state index >= 15 is 0 Å². The van der Waals surface area contributed by atoms with Crippen LogP contribution in [0.25, 0.3) is 11.4 Å². The van der Waals surface area contributed by atoms with Crippen LogP contribution in [-0.4, -0.2) is 20.2 Å². The zero-order chi connectivity index (χ0) is 13.8. The van der Waals surface area contributed by atoms with Crippen molar-refractivity contribution in [2.45, 2.75) is 33.2 Å². The van der Waals surface area contributed by atoms with Crippen LogP contribution in [0.15, 0.2) is 18.2 Å². The Balaban J connectivity index is 2.19. The summed E-state index contributed by atoms with van der Waals surface area (Å²) < 4.78 is 14.8. The molecule has 1 heterocycles. The molecular weight excluding hydrogens is 245 g/mol. The van der Waals surface area contributed by atoms with Gasteiger partial charge in [-0.1, -0.05) is 13.8 Å². The van der Waals surface area contributed by atoms with Gasteiger partial charge in [-0.05, 0) is 47.4 Å². The van der Waals surface area contributed by atoms with Gasteiger partial charge in [0.15, 0.2) is 5.82 Å². The van der Waals surface area contributed by atoms with Crippen LogP contribution in [0.3, 0.4) is 0 Å². The summed E-state index contributed by atoms with van der Waals surface area (Å²) >= 11 is 0. The van der Waals surface area contributed by atoms with E-state index in [0.29, 0.717) is 23.0 Å². The number of hydrogen-bond donors (Lipinski definition) is 1. The first-order valence-electron chi connectivity index (χ1n) is 6.39. The van der Waals surface area contributed by atoms with Crippen molar-refractivity contribution in [1.82, 2.24) is 20.2 Å². The molecule has 2 rings (SSSR count). The number of anilines is 1. The SMILES string of the molecule is CC(C)CCCn1nnnc1-c1ccc(F)cc1N. The lowest BCUT2D eigenvalue weighted by Crippen LogP contribution is -2.05. The molecule has 2 aromatic rings. The molecule has 1 aromatic heterocycles. The highest BCUT2D eigenvalue weighted by molar-refractivity contribution is 5.71. The van der Waals surface area contributed by atoms with Gasteiger partial charge in [0.25, 0.3) is 0 Å². The molecule has 0 amide bonds. The first kappa shape index (κ1) is 13.5. The number of aromatic nitrogens is 4. The second-order valence-electron chi connectivity index (χ2n) is 4.99. The van der Waals surface area contributed by atoms with Gasteiger partial charge in [0.05, 0.1) is 0 Å². The van der Waals surface area contributed by atoms with Crippen LogP contribution >= 0.6 is 0 Å². The van der Waals surface area contributed by atoms with E-state index in [0.717, 1.165) is 19.4 Å². The smallest absolute Gasteiger partial charge is 0.184 e. The molecule has 5 nitrogen and oxygen atoms in total. The maximum atomic E-state index is 13.0. The van der Waals surface area contributed by atoms with Gasteiger partial charge in [-0.2, -0.15) is 0 Å². The van der Waals surface area contributed by atoms with Crippen LogP contribution in [0.4, 0.5) is 10.1 Å². The zero-order valence-corrected chi connectivity index (χ0v) is 11.2. The van der Waals surface area contributed by atoms with Gasteiger partial charge >= 0.3 is 0 Å². The molecule has 0 bridgehead atoms. The Morgan fingerprint density at radius 2 is 2.16 bits per heavy atom. The molecule has 6 heteroatoms. The van der Waals surface area contributed by atoms with Crippen molar-refractivity contribution >= 4 is 5.69 Å². The highest BCUT2D eigenvalue weighted by Gasteiger charge is 2.12. The van der Waals surface area contributed by atoms with E-state index in [1.807, 2.05) is 0 Å². The minimum atomic E-state index is -0.361. The average molecular weight is 263 g/mol. The maximum absolute atomic E-state index is 13.0. The summed E-state index contributed by atoms with van der Waals surface area (Å²) in [6, 6.07) is 4.25. The Morgan fingerprint density at radius 1 is 1.37 bits per heavy atom. The quantitative estimate of drug-likeness (QED) is 0.841. The minimum Gasteiger partial charge on any atom is -0.398 e. The van der Waals surface area contributed by atoms with Crippen molar-refractivity contribution < 1.29 is 4.39 Å². The molecule has 0 saturated heterocycles. The Kier molecular flexibility index (Phi) is 4.09. The topological polar surface area (TPSA) is 69.6 Å². The Hall–Kier alpha value is -1.98. The first-order valence-corrected chi connectivity index (χ1v) is 6.39. The fourth-order valence-electron chi connectivity index (χ4n) is 1.93. The molecule has 0 aliphatic rings. The van der Waals surface area contributed by atoms with Gasteiger partial charge in [-0.15, -0.1) is 5.10 Å². The number of tetrazole rings is 1. The number of nitrogens with zero attached hydrogens (tertiary/aromatic N) is 4. The zero-order valence-electron chi connectivity index (χ0n) is 11.2.